The van der Waals surface area contributed by atoms with Crippen LogP contribution in [-0.4, -0.2) is 35.2 Å². The number of imide groups is 1. The number of benzene rings is 3. The van der Waals surface area contributed by atoms with Crippen molar-refractivity contribution >= 4 is 45.7 Å². The predicted octanol–water partition coefficient (Wildman–Crippen LogP) is 5.02. The normalized spacial score (nSPS) is 14.9. The van der Waals surface area contributed by atoms with E-state index in [0.29, 0.717) is 17.9 Å². The highest BCUT2D eigenvalue weighted by Gasteiger charge is 2.36. The van der Waals surface area contributed by atoms with E-state index >= 15 is 0 Å². The van der Waals surface area contributed by atoms with Crippen molar-refractivity contribution in [2.45, 2.75) is 13.5 Å². The zero-order chi connectivity index (χ0) is 22.5. The second-order valence-electron chi connectivity index (χ2n) is 7.08. The summed E-state index contributed by atoms with van der Waals surface area (Å²) in [4.78, 5) is 37.7. The molecule has 7 heteroatoms. The van der Waals surface area contributed by atoms with Gasteiger partial charge in [-0.15, -0.1) is 0 Å². The van der Waals surface area contributed by atoms with Crippen LogP contribution in [0.3, 0.4) is 0 Å². The summed E-state index contributed by atoms with van der Waals surface area (Å²) in [5.74, 6) is -0.537. The van der Waals surface area contributed by atoms with Crippen LogP contribution in [0.25, 0.3) is 16.8 Å². The molecule has 0 aliphatic carbocycles. The maximum atomic E-state index is 12.6. The average Bonchev–Trinajstić information content (AvgIpc) is 3.06. The van der Waals surface area contributed by atoms with Gasteiger partial charge in [0, 0.05) is 5.56 Å². The molecular formula is C25H21NO5S. The van der Waals surface area contributed by atoms with Crippen LogP contribution in [-0.2, 0) is 20.9 Å². The van der Waals surface area contributed by atoms with Crippen LogP contribution in [0.15, 0.2) is 71.6 Å². The van der Waals surface area contributed by atoms with Crippen LogP contribution < -0.4 is 4.74 Å². The highest BCUT2D eigenvalue weighted by Crippen LogP contribution is 2.34. The van der Waals surface area contributed by atoms with E-state index in [0.717, 1.165) is 33.0 Å². The standard InChI is InChI=1S/C25H21NO5S/c1-2-30-23(27)15-26-24(28)22(32-25(26)29)14-20-9-5-6-10-21(20)31-16-17-11-12-18-7-3-4-8-19(18)13-17/h3-14H,2,15-16H2,1H3/b22-14-. The first-order valence-corrected chi connectivity index (χ1v) is 11.0. The Balaban J connectivity index is 1.50. The molecule has 0 spiro atoms. The van der Waals surface area contributed by atoms with Gasteiger partial charge in [0.2, 0.25) is 0 Å². The van der Waals surface area contributed by atoms with Gasteiger partial charge in [-0.2, -0.15) is 0 Å². The fraction of sp³-hybridized carbons (Fsp3) is 0.160. The van der Waals surface area contributed by atoms with E-state index in [2.05, 4.69) is 24.3 Å². The average molecular weight is 448 g/mol. The van der Waals surface area contributed by atoms with Gasteiger partial charge >= 0.3 is 5.97 Å². The number of nitrogens with zero attached hydrogens (tertiary/aromatic N) is 1. The van der Waals surface area contributed by atoms with Crippen LogP contribution in [0.5, 0.6) is 5.75 Å². The van der Waals surface area contributed by atoms with E-state index < -0.39 is 23.7 Å². The van der Waals surface area contributed by atoms with Crippen molar-refractivity contribution in [1.29, 1.82) is 0 Å². The fourth-order valence-corrected chi connectivity index (χ4v) is 4.16. The lowest BCUT2D eigenvalue weighted by Gasteiger charge is -2.11. The van der Waals surface area contributed by atoms with Crippen molar-refractivity contribution in [2.75, 3.05) is 13.2 Å². The van der Waals surface area contributed by atoms with Crippen molar-refractivity contribution in [1.82, 2.24) is 4.90 Å². The number of thioether (sulfide) groups is 1. The maximum absolute atomic E-state index is 12.6. The number of carbonyl (C=O) groups excluding carboxylic acids is 3. The Morgan fingerprint density at radius 2 is 1.75 bits per heavy atom. The molecule has 162 valence electrons. The number of rotatable bonds is 7. The van der Waals surface area contributed by atoms with Gasteiger partial charge in [0.15, 0.2) is 0 Å². The Kier molecular flexibility index (Phi) is 6.56. The molecule has 0 N–H and O–H groups in total. The molecule has 1 saturated heterocycles. The molecule has 1 aliphatic rings. The molecule has 1 aliphatic heterocycles. The summed E-state index contributed by atoms with van der Waals surface area (Å²) in [7, 11) is 0. The van der Waals surface area contributed by atoms with Crippen molar-refractivity contribution in [3.8, 4) is 5.75 Å². The summed E-state index contributed by atoms with van der Waals surface area (Å²) in [5, 5.41) is 1.80. The van der Waals surface area contributed by atoms with Gasteiger partial charge in [-0.05, 0) is 53.2 Å². The third kappa shape index (κ3) is 4.84. The largest absolute Gasteiger partial charge is 0.488 e. The topological polar surface area (TPSA) is 72.9 Å². The van der Waals surface area contributed by atoms with Gasteiger partial charge in [-0.1, -0.05) is 54.6 Å². The lowest BCUT2D eigenvalue weighted by molar-refractivity contribution is -0.145. The minimum absolute atomic E-state index is 0.187. The molecule has 4 rings (SSSR count). The Bertz CT molecular complexity index is 1220. The van der Waals surface area contributed by atoms with Gasteiger partial charge in [0.1, 0.15) is 18.9 Å². The summed E-state index contributed by atoms with van der Waals surface area (Å²) < 4.78 is 10.9. The summed E-state index contributed by atoms with van der Waals surface area (Å²) >= 11 is 0.796. The molecule has 1 heterocycles. The Morgan fingerprint density at radius 1 is 1.00 bits per heavy atom. The molecule has 3 aromatic carbocycles. The van der Waals surface area contributed by atoms with E-state index in [-0.39, 0.29) is 11.5 Å². The van der Waals surface area contributed by atoms with Gasteiger partial charge in [0.25, 0.3) is 11.1 Å². The third-order valence-electron chi connectivity index (χ3n) is 4.88. The summed E-state index contributed by atoms with van der Waals surface area (Å²) in [5.41, 5.74) is 1.70. The summed E-state index contributed by atoms with van der Waals surface area (Å²) in [6, 6.07) is 21.6. The van der Waals surface area contributed by atoms with Gasteiger partial charge in [-0.3, -0.25) is 19.3 Å². The molecule has 0 bridgehead atoms. The summed E-state index contributed by atoms with van der Waals surface area (Å²) in [6.45, 7) is 1.82. The molecule has 2 amide bonds. The van der Waals surface area contributed by atoms with Crippen LogP contribution in [0, 0.1) is 0 Å². The summed E-state index contributed by atoms with van der Waals surface area (Å²) in [6.07, 6.45) is 1.62. The van der Waals surface area contributed by atoms with E-state index in [4.69, 9.17) is 9.47 Å². The zero-order valence-corrected chi connectivity index (χ0v) is 18.3. The van der Waals surface area contributed by atoms with E-state index in [1.807, 2.05) is 42.5 Å². The Labute approximate surface area is 189 Å². The maximum Gasteiger partial charge on any atom is 0.326 e. The number of hydrogen-bond donors (Lipinski definition) is 0. The fourth-order valence-electron chi connectivity index (χ4n) is 3.33. The minimum Gasteiger partial charge on any atom is -0.488 e. The van der Waals surface area contributed by atoms with E-state index in [1.165, 1.54) is 0 Å². The van der Waals surface area contributed by atoms with Crippen molar-refractivity contribution in [2.24, 2.45) is 0 Å². The number of amides is 2. The lowest BCUT2D eigenvalue weighted by Crippen LogP contribution is -2.34. The number of carbonyl (C=O) groups is 3. The Hall–Kier alpha value is -3.58. The van der Waals surface area contributed by atoms with E-state index in [9.17, 15) is 14.4 Å². The third-order valence-corrected chi connectivity index (χ3v) is 5.79. The molecule has 32 heavy (non-hydrogen) atoms. The van der Waals surface area contributed by atoms with Gasteiger partial charge < -0.3 is 9.47 Å². The second-order valence-corrected chi connectivity index (χ2v) is 8.07. The molecule has 0 saturated carbocycles. The van der Waals surface area contributed by atoms with Crippen LogP contribution in [0.4, 0.5) is 4.79 Å². The molecule has 0 atom stereocenters. The SMILES string of the molecule is CCOC(=O)CN1C(=O)S/C(=C\c2ccccc2OCc2ccc3ccccc3c2)C1=O. The van der Waals surface area contributed by atoms with Gasteiger partial charge in [0.05, 0.1) is 11.5 Å². The van der Waals surface area contributed by atoms with Crippen LogP contribution in [0.1, 0.15) is 18.1 Å². The number of ether oxygens (including phenoxy) is 2. The monoisotopic (exact) mass is 447 g/mol. The molecule has 1 fully saturated rings. The molecule has 3 aromatic rings. The number of para-hydroxylation sites is 1. The Morgan fingerprint density at radius 3 is 2.56 bits per heavy atom. The van der Waals surface area contributed by atoms with Crippen molar-refractivity contribution in [3.05, 3.63) is 82.8 Å². The van der Waals surface area contributed by atoms with Crippen LogP contribution >= 0.6 is 11.8 Å². The second kappa shape index (κ2) is 9.70. The minimum atomic E-state index is -0.616. The van der Waals surface area contributed by atoms with Gasteiger partial charge in [-0.25, -0.2) is 0 Å². The van der Waals surface area contributed by atoms with Crippen LogP contribution in [0.2, 0.25) is 0 Å². The van der Waals surface area contributed by atoms with Crippen molar-refractivity contribution < 1.29 is 23.9 Å². The molecule has 0 unspecified atom stereocenters. The molecule has 0 radical (unpaired) electrons. The highest BCUT2D eigenvalue weighted by atomic mass is 32.2. The highest BCUT2D eigenvalue weighted by molar-refractivity contribution is 8.18. The lowest BCUT2D eigenvalue weighted by atomic mass is 10.1. The first-order chi connectivity index (χ1) is 15.5. The quantitative estimate of drug-likeness (QED) is 0.374. The predicted molar refractivity (Wildman–Crippen MR) is 124 cm³/mol. The number of hydrogen-bond acceptors (Lipinski definition) is 6. The number of fused-ring (bicyclic) bond motifs is 1. The van der Waals surface area contributed by atoms with E-state index in [1.54, 1.807) is 13.0 Å². The molecule has 0 aromatic heterocycles. The smallest absolute Gasteiger partial charge is 0.326 e. The first-order valence-electron chi connectivity index (χ1n) is 10.2. The molecular weight excluding hydrogens is 426 g/mol. The zero-order valence-electron chi connectivity index (χ0n) is 17.4. The molecule has 6 nitrogen and oxygen atoms in total. The first kappa shape index (κ1) is 21.6. The van der Waals surface area contributed by atoms with Crippen molar-refractivity contribution in [3.63, 3.8) is 0 Å². The number of esters is 1.